The molecule has 0 radical (unpaired) electrons. The molecule has 1 atom stereocenters. The summed E-state index contributed by atoms with van der Waals surface area (Å²) in [5.74, 6) is -0.237. The quantitative estimate of drug-likeness (QED) is 0.805. The molecule has 0 saturated carbocycles. The number of likely N-dealkylation sites (tertiary alicyclic amines) is 1. The first-order valence-electron chi connectivity index (χ1n) is 7.16. The molecule has 1 unspecified atom stereocenters. The lowest BCUT2D eigenvalue weighted by Gasteiger charge is -2.28. The molecule has 0 spiro atoms. The monoisotopic (exact) mass is 278 g/mol. The Balaban J connectivity index is 2.00. The summed E-state index contributed by atoms with van der Waals surface area (Å²) in [6, 6.07) is 1.79. The zero-order valence-corrected chi connectivity index (χ0v) is 12.3. The topological polar surface area (TPSA) is 67.2 Å². The van der Waals surface area contributed by atoms with E-state index in [4.69, 9.17) is 0 Å². The number of rotatable bonds is 5. The number of amides is 2. The minimum atomic E-state index is -0.275. The molecular formula is C14H22N4O2. The third kappa shape index (κ3) is 2.90. The van der Waals surface area contributed by atoms with Gasteiger partial charge in [0.1, 0.15) is 0 Å². The number of aryl methyl sites for hydroxylation is 2. The molecule has 1 aliphatic heterocycles. The number of nitrogens with zero attached hydrogens (tertiary/aromatic N) is 3. The summed E-state index contributed by atoms with van der Waals surface area (Å²) in [7, 11) is 1.55. The first kappa shape index (κ1) is 14.7. The van der Waals surface area contributed by atoms with Crippen molar-refractivity contribution in [2.45, 2.75) is 52.2 Å². The van der Waals surface area contributed by atoms with E-state index in [1.165, 1.54) is 4.90 Å². The molecular weight excluding hydrogens is 256 g/mol. The Morgan fingerprint density at radius 1 is 1.40 bits per heavy atom. The van der Waals surface area contributed by atoms with Crippen molar-refractivity contribution in [1.82, 2.24) is 20.0 Å². The van der Waals surface area contributed by atoms with E-state index < -0.39 is 0 Å². The van der Waals surface area contributed by atoms with Crippen molar-refractivity contribution in [3.05, 3.63) is 17.5 Å². The number of aromatic nitrogens is 2. The predicted octanol–water partition coefficient (Wildman–Crippen LogP) is 0.702. The minimum absolute atomic E-state index is 0.0973. The number of nitrogens with one attached hydrogen (secondary N) is 1. The highest BCUT2D eigenvalue weighted by Crippen LogP contribution is 2.13. The Labute approximate surface area is 119 Å². The summed E-state index contributed by atoms with van der Waals surface area (Å²) in [4.78, 5) is 24.6. The Hall–Kier alpha value is -1.69. The average Bonchev–Trinajstić information content (AvgIpc) is 2.86. The zero-order chi connectivity index (χ0) is 14.7. The second-order valence-corrected chi connectivity index (χ2v) is 5.06. The largest absolute Gasteiger partial charge is 0.300 e. The van der Waals surface area contributed by atoms with Crippen LogP contribution in [0.3, 0.4) is 0 Å². The van der Waals surface area contributed by atoms with Crippen LogP contribution >= 0.6 is 0 Å². The SMILES string of the molecule is CCc1cc(CNC2CCC(=O)N(C)C2=O)n(CC)n1. The van der Waals surface area contributed by atoms with Crippen molar-refractivity contribution in [3.8, 4) is 0 Å². The maximum atomic E-state index is 12.0. The maximum absolute atomic E-state index is 12.0. The van der Waals surface area contributed by atoms with Crippen molar-refractivity contribution in [3.63, 3.8) is 0 Å². The van der Waals surface area contributed by atoms with Gasteiger partial charge >= 0.3 is 0 Å². The van der Waals surface area contributed by atoms with Crippen molar-refractivity contribution in [2.75, 3.05) is 7.05 Å². The van der Waals surface area contributed by atoms with Crippen LogP contribution in [-0.4, -0.2) is 39.6 Å². The van der Waals surface area contributed by atoms with Crippen LogP contribution < -0.4 is 5.32 Å². The number of hydrogen-bond acceptors (Lipinski definition) is 4. The first-order chi connectivity index (χ1) is 9.56. The lowest BCUT2D eigenvalue weighted by atomic mass is 10.0. The first-order valence-corrected chi connectivity index (χ1v) is 7.16. The highest BCUT2D eigenvalue weighted by molar-refractivity contribution is 6.00. The fourth-order valence-electron chi connectivity index (χ4n) is 2.44. The molecule has 6 nitrogen and oxygen atoms in total. The third-order valence-corrected chi connectivity index (χ3v) is 3.75. The Morgan fingerprint density at radius 3 is 2.80 bits per heavy atom. The van der Waals surface area contributed by atoms with E-state index in [9.17, 15) is 9.59 Å². The van der Waals surface area contributed by atoms with Crippen LogP contribution in [-0.2, 0) is 29.1 Å². The molecule has 2 amide bonds. The van der Waals surface area contributed by atoms with Crippen molar-refractivity contribution in [1.29, 1.82) is 0 Å². The van der Waals surface area contributed by atoms with Gasteiger partial charge in [-0.05, 0) is 25.8 Å². The van der Waals surface area contributed by atoms with Crippen LogP contribution in [0, 0.1) is 0 Å². The number of likely N-dealkylation sites (N-methyl/N-ethyl adjacent to an activating group) is 1. The fourth-order valence-corrected chi connectivity index (χ4v) is 2.44. The van der Waals surface area contributed by atoms with E-state index in [1.807, 2.05) is 11.6 Å². The summed E-state index contributed by atoms with van der Waals surface area (Å²) in [6.45, 7) is 5.53. The van der Waals surface area contributed by atoms with Gasteiger partial charge in [-0.3, -0.25) is 19.2 Å². The summed E-state index contributed by atoms with van der Waals surface area (Å²) in [5.41, 5.74) is 2.14. The van der Waals surface area contributed by atoms with Crippen molar-refractivity contribution < 1.29 is 9.59 Å². The van der Waals surface area contributed by atoms with Gasteiger partial charge in [0.05, 0.1) is 17.4 Å². The molecule has 0 aliphatic carbocycles. The highest BCUT2D eigenvalue weighted by Gasteiger charge is 2.31. The summed E-state index contributed by atoms with van der Waals surface area (Å²) in [5, 5.41) is 7.73. The number of imide groups is 1. The number of carbonyl (C=O) groups excluding carboxylic acids is 2. The van der Waals surface area contributed by atoms with E-state index in [1.54, 1.807) is 7.05 Å². The lowest BCUT2D eigenvalue weighted by Crippen LogP contribution is -2.51. The second-order valence-electron chi connectivity index (χ2n) is 5.06. The highest BCUT2D eigenvalue weighted by atomic mass is 16.2. The standard InChI is InChI=1S/C14H22N4O2/c1-4-10-8-11(18(5-2)16-10)9-15-12-6-7-13(19)17(3)14(12)20/h8,12,15H,4-7,9H2,1-3H3. The van der Waals surface area contributed by atoms with E-state index in [0.29, 0.717) is 19.4 Å². The fraction of sp³-hybridized carbons (Fsp3) is 0.643. The van der Waals surface area contributed by atoms with Gasteiger partial charge in [-0.1, -0.05) is 6.92 Å². The molecule has 6 heteroatoms. The molecule has 1 saturated heterocycles. The van der Waals surface area contributed by atoms with E-state index in [0.717, 1.165) is 24.4 Å². The van der Waals surface area contributed by atoms with Gasteiger partial charge in [0.2, 0.25) is 11.8 Å². The molecule has 1 N–H and O–H groups in total. The Bertz CT molecular complexity index is 509. The van der Waals surface area contributed by atoms with Gasteiger partial charge in [0.15, 0.2) is 0 Å². The van der Waals surface area contributed by atoms with Gasteiger partial charge in [-0.15, -0.1) is 0 Å². The van der Waals surface area contributed by atoms with Crippen LogP contribution in [0.25, 0.3) is 0 Å². The summed E-state index contributed by atoms with van der Waals surface area (Å²) >= 11 is 0. The summed E-state index contributed by atoms with van der Waals surface area (Å²) < 4.78 is 1.95. The van der Waals surface area contributed by atoms with Crippen LogP contribution in [0.5, 0.6) is 0 Å². The summed E-state index contributed by atoms with van der Waals surface area (Å²) in [6.07, 6.45) is 1.90. The van der Waals surface area contributed by atoms with Crippen molar-refractivity contribution >= 4 is 11.8 Å². The minimum Gasteiger partial charge on any atom is -0.300 e. The van der Waals surface area contributed by atoms with Crippen LogP contribution in [0.2, 0.25) is 0 Å². The molecule has 20 heavy (non-hydrogen) atoms. The number of carbonyl (C=O) groups is 2. The zero-order valence-electron chi connectivity index (χ0n) is 12.3. The normalized spacial score (nSPS) is 19.8. The van der Waals surface area contributed by atoms with Gasteiger partial charge in [-0.25, -0.2) is 0 Å². The maximum Gasteiger partial charge on any atom is 0.246 e. The molecule has 0 aromatic carbocycles. The van der Waals surface area contributed by atoms with Gasteiger partial charge in [0, 0.05) is 26.6 Å². The van der Waals surface area contributed by atoms with Gasteiger partial charge in [0.25, 0.3) is 0 Å². The molecule has 2 heterocycles. The van der Waals surface area contributed by atoms with Crippen LogP contribution in [0.15, 0.2) is 6.07 Å². The average molecular weight is 278 g/mol. The molecule has 0 bridgehead atoms. The molecule has 2 rings (SSSR count). The smallest absolute Gasteiger partial charge is 0.246 e. The third-order valence-electron chi connectivity index (χ3n) is 3.75. The predicted molar refractivity (Wildman–Crippen MR) is 74.9 cm³/mol. The Kier molecular flexibility index (Phi) is 4.54. The molecule has 1 aromatic heterocycles. The van der Waals surface area contributed by atoms with Crippen LogP contribution in [0.4, 0.5) is 0 Å². The van der Waals surface area contributed by atoms with Crippen molar-refractivity contribution in [2.24, 2.45) is 0 Å². The van der Waals surface area contributed by atoms with E-state index in [2.05, 4.69) is 23.4 Å². The number of piperidine rings is 1. The van der Waals surface area contributed by atoms with Gasteiger partial charge in [-0.2, -0.15) is 5.10 Å². The molecule has 1 aromatic rings. The Morgan fingerprint density at radius 2 is 2.15 bits per heavy atom. The van der Waals surface area contributed by atoms with E-state index >= 15 is 0 Å². The number of hydrogen-bond donors (Lipinski definition) is 1. The molecule has 1 aliphatic rings. The second kappa shape index (κ2) is 6.17. The molecule has 1 fully saturated rings. The lowest BCUT2D eigenvalue weighted by molar-refractivity contribution is -0.148. The molecule has 110 valence electrons. The van der Waals surface area contributed by atoms with Gasteiger partial charge < -0.3 is 5.32 Å². The van der Waals surface area contributed by atoms with Crippen LogP contribution in [0.1, 0.15) is 38.1 Å². The van der Waals surface area contributed by atoms with E-state index in [-0.39, 0.29) is 17.9 Å².